The van der Waals surface area contributed by atoms with E-state index < -0.39 is 0 Å². The van der Waals surface area contributed by atoms with E-state index in [9.17, 15) is 4.79 Å². The quantitative estimate of drug-likeness (QED) is 0.503. The van der Waals surface area contributed by atoms with E-state index in [1.165, 1.54) is 22.3 Å². The van der Waals surface area contributed by atoms with Crippen LogP contribution in [-0.2, 0) is 4.79 Å². The number of ether oxygens (including phenoxy) is 1. The lowest BCUT2D eigenvalue weighted by molar-refractivity contribution is -0.117. The molecule has 0 atom stereocenters. The van der Waals surface area contributed by atoms with Gasteiger partial charge in [0.05, 0.1) is 7.11 Å². The predicted molar refractivity (Wildman–Crippen MR) is 116 cm³/mol. The Morgan fingerprint density at radius 3 is 2.33 bits per heavy atom. The van der Waals surface area contributed by atoms with Crippen molar-refractivity contribution in [3.63, 3.8) is 0 Å². The average Bonchev–Trinajstić information content (AvgIpc) is 2.57. The Morgan fingerprint density at radius 1 is 1.07 bits per heavy atom. The van der Waals surface area contributed by atoms with Crippen LogP contribution in [0.25, 0.3) is 6.08 Å². The van der Waals surface area contributed by atoms with Crippen molar-refractivity contribution >= 4 is 12.0 Å². The summed E-state index contributed by atoms with van der Waals surface area (Å²) in [6.07, 6.45) is 11.8. The molecule has 27 heavy (non-hydrogen) atoms. The number of nitrogens with one attached hydrogen (secondary N) is 1. The molecule has 0 heterocycles. The zero-order valence-corrected chi connectivity index (χ0v) is 17.9. The number of benzene rings is 1. The van der Waals surface area contributed by atoms with Crippen molar-refractivity contribution in [1.29, 1.82) is 0 Å². The van der Waals surface area contributed by atoms with Crippen molar-refractivity contribution in [3.8, 4) is 5.75 Å². The molecule has 3 heteroatoms. The molecule has 0 aliphatic heterocycles. The zero-order chi connectivity index (χ0) is 20.6. The van der Waals surface area contributed by atoms with Crippen LogP contribution >= 0.6 is 0 Å². The van der Waals surface area contributed by atoms with Gasteiger partial charge in [-0.2, -0.15) is 0 Å². The van der Waals surface area contributed by atoms with Crippen molar-refractivity contribution < 1.29 is 9.53 Å². The molecule has 0 aromatic heterocycles. The standard InChI is InChI=1S/C24H33NO2/c1-16(2)25-24(26)14-18(4)11-9-10-17(3)12-13-22-19(5)15-23(27-8)21(7)20(22)6/h9-16H,1-8H3,(H,25,26). The van der Waals surface area contributed by atoms with Gasteiger partial charge in [0.1, 0.15) is 5.75 Å². The molecule has 1 N–H and O–H groups in total. The molecule has 1 aromatic rings. The second-order valence-electron chi connectivity index (χ2n) is 7.21. The van der Waals surface area contributed by atoms with Crippen molar-refractivity contribution in [2.24, 2.45) is 0 Å². The van der Waals surface area contributed by atoms with Gasteiger partial charge in [0.15, 0.2) is 0 Å². The average molecular weight is 368 g/mol. The summed E-state index contributed by atoms with van der Waals surface area (Å²) in [6, 6.07) is 2.23. The summed E-state index contributed by atoms with van der Waals surface area (Å²) in [5.74, 6) is 0.870. The van der Waals surface area contributed by atoms with E-state index in [0.717, 1.165) is 16.9 Å². The minimum atomic E-state index is -0.0615. The highest BCUT2D eigenvalue weighted by Crippen LogP contribution is 2.28. The van der Waals surface area contributed by atoms with Gasteiger partial charge in [0.25, 0.3) is 0 Å². The molecular weight excluding hydrogens is 334 g/mol. The SMILES string of the molecule is COc1cc(C)c(C=CC(C)=CC=CC(C)=CC(=O)NC(C)C)c(C)c1C. The molecule has 0 radical (unpaired) electrons. The van der Waals surface area contributed by atoms with Crippen LogP contribution in [0.15, 0.2) is 47.6 Å². The van der Waals surface area contributed by atoms with Crippen LogP contribution in [0.2, 0.25) is 0 Å². The van der Waals surface area contributed by atoms with Gasteiger partial charge in [0, 0.05) is 12.1 Å². The largest absolute Gasteiger partial charge is 0.496 e. The molecule has 1 rings (SSSR count). The molecule has 146 valence electrons. The van der Waals surface area contributed by atoms with E-state index >= 15 is 0 Å². The van der Waals surface area contributed by atoms with E-state index in [1.807, 2.05) is 39.0 Å². The second-order valence-corrected chi connectivity index (χ2v) is 7.21. The Kier molecular flexibility index (Phi) is 8.80. The highest BCUT2D eigenvalue weighted by Gasteiger charge is 2.08. The molecule has 0 saturated heterocycles. The van der Waals surface area contributed by atoms with Crippen molar-refractivity contribution in [2.75, 3.05) is 7.11 Å². The third-order valence-corrected chi connectivity index (χ3v) is 4.35. The summed E-state index contributed by atoms with van der Waals surface area (Å²) in [4.78, 5) is 11.7. The van der Waals surface area contributed by atoms with Gasteiger partial charge < -0.3 is 10.1 Å². The van der Waals surface area contributed by atoms with Crippen LogP contribution in [0, 0.1) is 20.8 Å². The van der Waals surface area contributed by atoms with Crippen LogP contribution in [0.3, 0.4) is 0 Å². The minimum Gasteiger partial charge on any atom is -0.496 e. The number of carbonyl (C=O) groups is 1. The number of methoxy groups -OCH3 is 1. The molecule has 0 aliphatic rings. The Morgan fingerprint density at radius 2 is 1.74 bits per heavy atom. The van der Waals surface area contributed by atoms with Crippen LogP contribution in [0.5, 0.6) is 5.75 Å². The summed E-state index contributed by atoms with van der Waals surface area (Å²) >= 11 is 0. The van der Waals surface area contributed by atoms with Gasteiger partial charge in [-0.25, -0.2) is 0 Å². The molecule has 0 spiro atoms. The first-order chi connectivity index (χ1) is 12.6. The van der Waals surface area contributed by atoms with Gasteiger partial charge in [-0.05, 0) is 82.4 Å². The van der Waals surface area contributed by atoms with Crippen molar-refractivity contribution in [1.82, 2.24) is 5.32 Å². The molecule has 3 nitrogen and oxygen atoms in total. The first kappa shape index (κ1) is 22.5. The Balaban J connectivity index is 2.87. The lowest BCUT2D eigenvalue weighted by Gasteiger charge is -2.13. The first-order valence-corrected chi connectivity index (χ1v) is 9.32. The third-order valence-electron chi connectivity index (χ3n) is 4.35. The Bertz CT molecular complexity index is 793. The maximum atomic E-state index is 11.7. The van der Waals surface area contributed by atoms with E-state index in [2.05, 4.69) is 51.2 Å². The molecular formula is C24H33NO2. The molecule has 1 aromatic carbocycles. The van der Waals surface area contributed by atoms with Crippen LogP contribution in [-0.4, -0.2) is 19.1 Å². The fraction of sp³-hybridized carbons (Fsp3) is 0.375. The van der Waals surface area contributed by atoms with Crippen LogP contribution in [0.1, 0.15) is 49.9 Å². The van der Waals surface area contributed by atoms with Crippen LogP contribution < -0.4 is 10.1 Å². The Labute approximate surface area is 164 Å². The predicted octanol–water partition coefficient (Wildman–Crippen LogP) is 5.61. The van der Waals surface area contributed by atoms with Gasteiger partial charge in [-0.15, -0.1) is 0 Å². The second kappa shape index (κ2) is 10.6. The third kappa shape index (κ3) is 7.30. The first-order valence-electron chi connectivity index (χ1n) is 9.32. The van der Waals surface area contributed by atoms with Gasteiger partial charge in [0.2, 0.25) is 5.91 Å². The van der Waals surface area contributed by atoms with E-state index in [4.69, 9.17) is 4.74 Å². The lowest BCUT2D eigenvalue weighted by Crippen LogP contribution is -2.28. The van der Waals surface area contributed by atoms with E-state index in [1.54, 1.807) is 13.2 Å². The minimum absolute atomic E-state index is 0.0615. The maximum Gasteiger partial charge on any atom is 0.244 e. The normalized spacial score (nSPS) is 13.1. The summed E-state index contributed by atoms with van der Waals surface area (Å²) < 4.78 is 5.43. The molecule has 0 unspecified atom stereocenters. The number of hydrogen-bond donors (Lipinski definition) is 1. The Hall–Kier alpha value is -2.55. The van der Waals surface area contributed by atoms with Crippen molar-refractivity contribution in [2.45, 2.75) is 54.5 Å². The summed E-state index contributed by atoms with van der Waals surface area (Å²) in [5, 5.41) is 2.85. The summed E-state index contributed by atoms with van der Waals surface area (Å²) in [6.45, 7) is 14.2. The number of aryl methyl sites for hydroxylation is 1. The summed E-state index contributed by atoms with van der Waals surface area (Å²) in [7, 11) is 1.71. The molecule has 0 aliphatic carbocycles. The van der Waals surface area contributed by atoms with Gasteiger partial charge in [-0.3, -0.25) is 4.79 Å². The smallest absolute Gasteiger partial charge is 0.244 e. The van der Waals surface area contributed by atoms with E-state index in [0.29, 0.717) is 0 Å². The lowest BCUT2D eigenvalue weighted by atomic mass is 9.96. The number of hydrogen-bond acceptors (Lipinski definition) is 2. The number of amides is 1. The maximum absolute atomic E-state index is 11.7. The van der Waals surface area contributed by atoms with Crippen LogP contribution in [0.4, 0.5) is 0 Å². The van der Waals surface area contributed by atoms with Gasteiger partial charge >= 0.3 is 0 Å². The van der Waals surface area contributed by atoms with Crippen molar-refractivity contribution in [3.05, 3.63) is 69.8 Å². The molecule has 0 fully saturated rings. The highest BCUT2D eigenvalue weighted by atomic mass is 16.5. The monoisotopic (exact) mass is 367 g/mol. The zero-order valence-electron chi connectivity index (χ0n) is 17.9. The number of carbonyl (C=O) groups excluding carboxylic acids is 1. The summed E-state index contributed by atoms with van der Waals surface area (Å²) in [5.41, 5.74) is 6.89. The fourth-order valence-corrected chi connectivity index (χ4v) is 2.74. The fourth-order valence-electron chi connectivity index (χ4n) is 2.74. The van der Waals surface area contributed by atoms with E-state index in [-0.39, 0.29) is 11.9 Å². The number of allylic oxidation sites excluding steroid dienone is 6. The number of rotatable bonds is 7. The molecule has 0 saturated carbocycles. The topological polar surface area (TPSA) is 38.3 Å². The molecule has 1 amide bonds. The highest BCUT2D eigenvalue weighted by molar-refractivity contribution is 5.88. The molecule has 0 bridgehead atoms. The van der Waals surface area contributed by atoms with Gasteiger partial charge in [-0.1, -0.05) is 36.0 Å².